The fourth-order valence-corrected chi connectivity index (χ4v) is 2.44. The van der Waals surface area contributed by atoms with Crippen molar-refractivity contribution in [2.24, 2.45) is 0 Å². The highest BCUT2D eigenvalue weighted by Gasteiger charge is 2.15. The Morgan fingerprint density at radius 3 is 2.95 bits per heavy atom. The third-order valence-corrected chi connectivity index (χ3v) is 3.54. The Kier molecular flexibility index (Phi) is 5.18. The second-order valence-corrected chi connectivity index (χ2v) is 5.03. The number of rotatable bonds is 7. The van der Waals surface area contributed by atoms with E-state index in [1.807, 2.05) is 22.9 Å². The summed E-state index contributed by atoms with van der Waals surface area (Å²) in [5, 5.41) is 3.99. The zero-order valence-electron chi connectivity index (χ0n) is 10.9. The van der Waals surface area contributed by atoms with Crippen LogP contribution >= 0.6 is 11.3 Å². The Balaban J connectivity index is 1.97. The molecule has 0 spiro atoms. The van der Waals surface area contributed by atoms with Crippen molar-refractivity contribution in [3.8, 4) is 0 Å². The number of ether oxygens (including phenoxy) is 1. The number of carbonyl (C=O) groups excluding carboxylic acids is 1. The van der Waals surface area contributed by atoms with Crippen molar-refractivity contribution in [2.75, 3.05) is 20.3 Å². The highest BCUT2D eigenvalue weighted by Crippen LogP contribution is 2.11. The van der Waals surface area contributed by atoms with Crippen LogP contribution in [0.3, 0.4) is 0 Å². The number of amides is 1. The molecular weight excluding hydrogens is 262 g/mol. The first-order valence-corrected chi connectivity index (χ1v) is 7.02. The van der Waals surface area contributed by atoms with Gasteiger partial charge in [0.25, 0.3) is 0 Å². The summed E-state index contributed by atoms with van der Waals surface area (Å²) in [5.41, 5.74) is 2.05. The Hall–Kier alpha value is -1.59. The van der Waals surface area contributed by atoms with Gasteiger partial charge in [-0.1, -0.05) is 0 Å². The predicted octanol–water partition coefficient (Wildman–Crippen LogP) is 2.56. The van der Waals surface area contributed by atoms with Crippen LogP contribution in [-0.4, -0.2) is 31.1 Å². The van der Waals surface area contributed by atoms with Gasteiger partial charge in [-0.25, -0.2) is 0 Å². The smallest absolute Gasteiger partial charge is 0.227 e. The lowest BCUT2D eigenvalue weighted by Crippen LogP contribution is -2.34. The normalized spacial score (nSPS) is 10.6. The summed E-state index contributed by atoms with van der Waals surface area (Å²) in [6.45, 7) is 1.68. The number of nitrogens with zero attached hydrogens (tertiary/aromatic N) is 1. The van der Waals surface area contributed by atoms with Gasteiger partial charge < -0.3 is 14.1 Å². The topological polar surface area (TPSA) is 42.7 Å². The largest absolute Gasteiger partial charge is 0.472 e. The van der Waals surface area contributed by atoms with Gasteiger partial charge in [0.1, 0.15) is 0 Å². The summed E-state index contributed by atoms with van der Waals surface area (Å²) in [4.78, 5) is 14.1. The molecule has 0 aromatic carbocycles. The molecule has 0 aliphatic carbocycles. The van der Waals surface area contributed by atoms with E-state index in [-0.39, 0.29) is 5.91 Å². The molecule has 4 nitrogen and oxygen atoms in total. The first-order valence-electron chi connectivity index (χ1n) is 6.08. The van der Waals surface area contributed by atoms with E-state index in [0.717, 1.165) is 11.1 Å². The summed E-state index contributed by atoms with van der Waals surface area (Å²) in [6, 6.07) is 3.85. The molecule has 0 N–H and O–H groups in total. The van der Waals surface area contributed by atoms with Crippen molar-refractivity contribution in [1.29, 1.82) is 0 Å². The van der Waals surface area contributed by atoms with E-state index in [2.05, 4.69) is 0 Å². The van der Waals surface area contributed by atoms with Crippen molar-refractivity contribution >= 4 is 17.2 Å². The molecule has 0 aliphatic rings. The SMILES string of the molecule is COCCN(Cc1ccoc1)C(=O)Cc1ccsc1. The van der Waals surface area contributed by atoms with Gasteiger partial charge in [-0.05, 0) is 28.5 Å². The van der Waals surface area contributed by atoms with Gasteiger partial charge in [0, 0.05) is 25.8 Å². The highest BCUT2D eigenvalue weighted by molar-refractivity contribution is 7.07. The maximum absolute atomic E-state index is 12.3. The van der Waals surface area contributed by atoms with E-state index in [9.17, 15) is 4.79 Å². The minimum atomic E-state index is 0.108. The van der Waals surface area contributed by atoms with Crippen LogP contribution in [0, 0.1) is 0 Å². The lowest BCUT2D eigenvalue weighted by atomic mass is 10.2. The Labute approximate surface area is 116 Å². The summed E-state index contributed by atoms with van der Waals surface area (Å²) >= 11 is 1.61. The minimum absolute atomic E-state index is 0.108. The van der Waals surface area contributed by atoms with Crippen molar-refractivity contribution < 1.29 is 13.9 Å². The number of carbonyl (C=O) groups is 1. The molecule has 0 fully saturated rings. The van der Waals surface area contributed by atoms with E-state index >= 15 is 0 Å². The molecule has 0 atom stereocenters. The van der Waals surface area contributed by atoms with Crippen molar-refractivity contribution in [3.63, 3.8) is 0 Å². The van der Waals surface area contributed by atoms with Gasteiger partial charge in [-0.15, -0.1) is 0 Å². The first kappa shape index (κ1) is 13.8. The molecule has 0 aliphatic heterocycles. The van der Waals surface area contributed by atoms with Crippen molar-refractivity contribution in [2.45, 2.75) is 13.0 Å². The van der Waals surface area contributed by atoms with Gasteiger partial charge in [-0.2, -0.15) is 11.3 Å². The molecule has 5 heteroatoms. The molecule has 2 rings (SSSR count). The van der Waals surface area contributed by atoms with E-state index in [1.165, 1.54) is 0 Å². The maximum Gasteiger partial charge on any atom is 0.227 e. The van der Waals surface area contributed by atoms with Gasteiger partial charge in [0.05, 0.1) is 25.6 Å². The van der Waals surface area contributed by atoms with Crippen LogP contribution in [0.5, 0.6) is 0 Å². The average molecular weight is 279 g/mol. The summed E-state index contributed by atoms with van der Waals surface area (Å²) in [7, 11) is 1.64. The van der Waals surface area contributed by atoms with Gasteiger partial charge >= 0.3 is 0 Å². The minimum Gasteiger partial charge on any atom is -0.472 e. The second kappa shape index (κ2) is 7.11. The molecule has 102 valence electrons. The molecule has 19 heavy (non-hydrogen) atoms. The zero-order chi connectivity index (χ0) is 13.5. The van der Waals surface area contributed by atoms with Crippen LogP contribution in [0.15, 0.2) is 39.8 Å². The predicted molar refractivity (Wildman–Crippen MR) is 74.0 cm³/mol. The van der Waals surface area contributed by atoms with Crippen LogP contribution in [0.2, 0.25) is 0 Å². The molecule has 0 saturated heterocycles. The van der Waals surface area contributed by atoms with Crippen LogP contribution in [0.1, 0.15) is 11.1 Å². The summed E-state index contributed by atoms with van der Waals surface area (Å²) in [6.07, 6.45) is 3.72. The summed E-state index contributed by atoms with van der Waals surface area (Å²) in [5.74, 6) is 0.108. The molecule has 0 unspecified atom stereocenters. The van der Waals surface area contributed by atoms with Gasteiger partial charge in [-0.3, -0.25) is 4.79 Å². The first-order chi connectivity index (χ1) is 9.29. The molecule has 2 aromatic rings. The fraction of sp³-hybridized carbons (Fsp3) is 0.357. The molecule has 0 radical (unpaired) electrons. The van der Waals surface area contributed by atoms with Gasteiger partial charge in [0.15, 0.2) is 0 Å². The molecule has 2 aromatic heterocycles. The number of furan rings is 1. The fourth-order valence-electron chi connectivity index (χ4n) is 1.78. The van der Waals surface area contributed by atoms with E-state index in [0.29, 0.717) is 26.1 Å². The third kappa shape index (κ3) is 4.22. The summed E-state index contributed by atoms with van der Waals surface area (Å²) < 4.78 is 10.1. The highest BCUT2D eigenvalue weighted by atomic mass is 32.1. The maximum atomic E-state index is 12.3. The molecule has 1 amide bonds. The van der Waals surface area contributed by atoms with Crippen LogP contribution in [0.4, 0.5) is 0 Å². The monoisotopic (exact) mass is 279 g/mol. The third-order valence-electron chi connectivity index (χ3n) is 2.81. The quantitative estimate of drug-likeness (QED) is 0.782. The Morgan fingerprint density at radius 2 is 2.32 bits per heavy atom. The van der Waals surface area contributed by atoms with E-state index < -0.39 is 0 Å². The van der Waals surface area contributed by atoms with E-state index in [1.54, 1.807) is 35.9 Å². The van der Waals surface area contributed by atoms with Crippen LogP contribution in [0.25, 0.3) is 0 Å². The average Bonchev–Trinajstić information content (AvgIpc) is 3.07. The lowest BCUT2D eigenvalue weighted by Gasteiger charge is -2.21. The van der Waals surface area contributed by atoms with Crippen molar-refractivity contribution in [1.82, 2.24) is 4.90 Å². The van der Waals surface area contributed by atoms with Gasteiger partial charge in [0.2, 0.25) is 5.91 Å². The number of hydrogen-bond donors (Lipinski definition) is 0. The second-order valence-electron chi connectivity index (χ2n) is 4.25. The molecule has 2 heterocycles. The lowest BCUT2D eigenvalue weighted by molar-refractivity contribution is -0.131. The number of thiophene rings is 1. The van der Waals surface area contributed by atoms with Crippen molar-refractivity contribution in [3.05, 3.63) is 46.5 Å². The zero-order valence-corrected chi connectivity index (χ0v) is 11.7. The molecule has 0 saturated carbocycles. The standard InChI is InChI=1S/C14H17NO3S/c1-17-6-4-15(9-13-2-5-18-10-13)14(16)8-12-3-7-19-11-12/h2-3,5,7,10-11H,4,6,8-9H2,1H3. The molecular formula is C14H17NO3S. The van der Waals surface area contributed by atoms with Crippen LogP contribution in [-0.2, 0) is 22.5 Å². The number of hydrogen-bond acceptors (Lipinski definition) is 4. The van der Waals surface area contributed by atoms with Crippen LogP contribution < -0.4 is 0 Å². The Bertz CT molecular complexity index is 479. The van der Waals surface area contributed by atoms with E-state index in [4.69, 9.17) is 9.15 Å². The number of methoxy groups -OCH3 is 1. The Morgan fingerprint density at radius 1 is 1.42 bits per heavy atom. The molecule has 0 bridgehead atoms.